The molecule has 1 N–H and O–H groups in total. The van der Waals surface area contributed by atoms with E-state index in [1.165, 1.54) is 11.5 Å². The molecular formula is C20H25N3O4. The van der Waals surface area contributed by atoms with E-state index < -0.39 is 5.60 Å². The van der Waals surface area contributed by atoms with Crippen molar-refractivity contribution in [3.05, 3.63) is 36.0 Å². The molecule has 0 bridgehead atoms. The first-order valence-electron chi connectivity index (χ1n) is 9.05. The molecule has 0 saturated carbocycles. The average Bonchev–Trinajstić information content (AvgIpc) is 3.17. The van der Waals surface area contributed by atoms with Crippen molar-refractivity contribution in [3.63, 3.8) is 0 Å². The number of nitrogens with one attached hydrogen (secondary N) is 1. The second-order valence-electron chi connectivity index (χ2n) is 7.83. The SMILES string of the molecule is CC(=O)n1cc(C(=O)NC2CCN(C(=O)OC(C)(C)C)C2)c2ccccc21. The van der Waals surface area contributed by atoms with Gasteiger partial charge >= 0.3 is 6.09 Å². The van der Waals surface area contributed by atoms with E-state index in [2.05, 4.69) is 5.32 Å². The molecule has 1 atom stereocenters. The highest BCUT2D eigenvalue weighted by Crippen LogP contribution is 2.22. The van der Waals surface area contributed by atoms with Crippen LogP contribution in [0.5, 0.6) is 0 Å². The van der Waals surface area contributed by atoms with E-state index in [1.807, 2.05) is 45.0 Å². The summed E-state index contributed by atoms with van der Waals surface area (Å²) in [5.74, 6) is -0.399. The molecule has 7 nitrogen and oxygen atoms in total. The van der Waals surface area contributed by atoms with E-state index in [-0.39, 0.29) is 23.9 Å². The van der Waals surface area contributed by atoms with E-state index in [9.17, 15) is 14.4 Å². The fraction of sp³-hybridized carbons (Fsp3) is 0.450. The number of hydrogen-bond acceptors (Lipinski definition) is 4. The molecule has 27 heavy (non-hydrogen) atoms. The largest absolute Gasteiger partial charge is 0.444 e. The highest BCUT2D eigenvalue weighted by atomic mass is 16.6. The second kappa shape index (κ2) is 7.06. The summed E-state index contributed by atoms with van der Waals surface area (Å²) < 4.78 is 6.86. The molecule has 0 radical (unpaired) electrons. The normalized spacial score (nSPS) is 17.2. The van der Waals surface area contributed by atoms with Crippen molar-refractivity contribution in [1.82, 2.24) is 14.8 Å². The van der Waals surface area contributed by atoms with Crippen LogP contribution in [0, 0.1) is 0 Å². The average molecular weight is 371 g/mol. The molecule has 2 aromatic rings. The highest BCUT2D eigenvalue weighted by Gasteiger charge is 2.31. The maximum Gasteiger partial charge on any atom is 0.410 e. The van der Waals surface area contributed by atoms with Gasteiger partial charge in [-0.2, -0.15) is 0 Å². The Bertz CT molecular complexity index is 894. The predicted molar refractivity (Wildman–Crippen MR) is 102 cm³/mol. The topological polar surface area (TPSA) is 80.6 Å². The smallest absolute Gasteiger partial charge is 0.410 e. The van der Waals surface area contributed by atoms with Crippen molar-refractivity contribution in [2.24, 2.45) is 0 Å². The molecule has 144 valence electrons. The number of ether oxygens (including phenoxy) is 1. The summed E-state index contributed by atoms with van der Waals surface area (Å²) in [5, 5.41) is 3.70. The molecule has 1 aliphatic heterocycles. The van der Waals surface area contributed by atoms with E-state index in [0.29, 0.717) is 30.6 Å². The lowest BCUT2D eigenvalue weighted by Crippen LogP contribution is -2.40. The van der Waals surface area contributed by atoms with Crippen molar-refractivity contribution in [1.29, 1.82) is 0 Å². The minimum atomic E-state index is -0.549. The van der Waals surface area contributed by atoms with Gasteiger partial charge in [0.15, 0.2) is 0 Å². The van der Waals surface area contributed by atoms with Crippen LogP contribution >= 0.6 is 0 Å². The molecule has 0 spiro atoms. The monoisotopic (exact) mass is 371 g/mol. The van der Waals surface area contributed by atoms with Gasteiger partial charge in [0.2, 0.25) is 5.91 Å². The Morgan fingerprint density at radius 3 is 2.56 bits per heavy atom. The molecule has 1 unspecified atom stereocenters. The van der Waals surface area contributed by atoms with Crippen LogP contribution in [0.15, 0.2) is 30.5 Å². The van der Waals surface area contributed by atoms with Crippen LogP contribution < -0.4 is 5.32 Å². The molecule has 7 heteroatoms. The summed E-state index contributed by atoms with van der Waals surface area (Å²) in [4.78, 5) is 38.4. The Balaban J connectivity index is 1.71. The lowest BCUT2D eigenvalue weighted by atomic mass is 10.1. The number of para-hydroxylation sites is 1. The highest BCUT2D eigenvalue weighted by molar-refractivity contribution is 6.09. The first kappa shape index (κ1) is 18.9. The van der Waals surface area contributed by atoms with Crippen LogP contribution in [-0.4, -0.2) is 52.1 Å². The van der Waals surface area contributed by atoms with E-state index in [4.69, 9.17) is 4.74 Å². The van der Waals surface area contributed by atoms with Gasteiger partial charge in [0, 0.05) is 37.6 Å². The number of likely N-dealkylation sites (tertiary alicyclic amines) is 1. The standard InChI is InChI=1S/C20H25N3O4/c1-13(24)23-12-16(15-7-5-6-8-17(15)23)18(25)21-14-9-10-22(11-14)19(26)27-20(2,3)4/h5-8,12,14H,9-11H2,1-4H3,(H,21,25). The summed E-state index contributed by atoms with van der Waals surface area (Å²) in [6, 6.07) is 7.16. The lowest BCUT2D eigenvalue weighted by Gasteiger charge is -2.24. The molecule has 1 aliphatic rings. The Hall–Kier alpha value is -2.83. The summed E-state index contributed by atoms with van der Waals surface area (Å²) >= 11 is 0. The number of fused-ring (bicyclic) bond motifs is 1. The van der Waals surface area contributed by atoms with Crippen molar-refractivity contribution in [2.45, 2.75) is 45.8 Å². The Morgan fingerprint density at radius 2 is 1.89 bits per heavy atom. The van der Waals surface area contributed by atoms with Gasteiger partial charge < -0.3 is 15.0 Å². The zero-order valence-electron chi connectivity index (χ0n) is 16.1. The predicted octanol–water partition coefficient (Wildman–Crippen LogP) is 3.04. The van der Waals surface area contributed by atoms with Gasteiger partial charge in [-0.3, -0.25) is 14.2 Å². The van der Waals surface area contributed by atoms with Gasteiger partial charge in [0.1, 0.15) is 5.60 Å². The number of amides is 2. The van der Waals surface area contributed by atoms with Gasteiger partial charge in [-0.25, -0.2) is 4.79 Å². The van der Waals surface area contributed by atoms with Gasteiger partial charge in [-0.15, -0.1) is 0 Å². The van der Waals surface area contributed by atoms with Crippen LogP contribution in [0.25, 0.3) is 10.9 Å². The molecule has 1 aromatic heterocycles. The molecule has 1 aromatic carbocycles. The molecule has 1 fully saturated rings. The maximum absolute atomic E-state index is 12.8. The number of aromatic nitrogens is 1. The Kier molecular flexibility index (Phi) is 4.95. The quantitative estimate of drug-likeness (QED) is 0.880. The van der Waals surface area contributed by atoms with Crippen molar-refractivity contribution >= 4 is 28.8 Å². The molecule has 0 aliphatic carbocycles. The summed E-state index contributed by atoms with van der Waals surface area (Å²) in [5.41, 5.74) is 0.612. The summed E-state index contributed by atoms with van der Waals surface area (Å²) in [6.45, 7) is 7.88. The minimum Gasteiger partial charge on any atom is -0.444 e. The first-order valence-corrected chi connectivity index (χ1v) is 9.05. The first-order chi connectivity index (χ1) is 12.7. The molecule has 1 saturated heterocycles. The summed E-state index contributed by atoms with van der Waals surface area (Å²) in [6.07, 6.45) is 1.87. The number of hydrogen-bond donors (Lipinski definition) is 1. The molecule has 2 amide bonds. The van der Waals surface area contributed by atoms with Crippen LogP contribution in [0.3, 0.4) is 0 Å². The fourth-order valence-electron chi connectivity index (χ4n) is 3.25. The number of nitrogens with zero attached hydrogens (tertiary/aromatic N) is 2. The molecule has 3 rings (SSSR count). The third kappa shape index (κ3) is 4.13. The lowest BCUT2D eigenvalue weighted by molar-refractivity contribution is 0.0290. The fourth-order valence-corrected chi connectivity index (χ4v) is 3.25. The number of benzene rings is 1. The summed E-state index contributed by atoms with van der Waals surface area (Å²) in [7, 11) is 0. The zero-order chi connectivity index (χ0) is 19.8. The van der Waals surface area contributed by atoms with Gasteiger partial charge in [0.25, 0.3) is 5.91 Å². The Morgan fingerprint density at radius 1 is 1.19 bits per heavy atom. The molecular weight excluding hydrogens is 346 g/mol. The minimum absolute atomic E-state index is 0.149. The number of carbonyl (C=O) groups is 3. The van der Waals surface area contributed by atoms with Crippen molar-refractivity contribution in [2.75, 3.05) is 13.1 Å². The van der Waals surface area contributed by atoms with E-state index >= 15 is 0 Å². The molecule has 2 heterocycles. The second-order valence-corrected chi connectivity index (χ2v) is 7.83. The van der Waals surface area contributed by atoms with Crippen LogP contribution in [0.4, 0.5) is 4.79 Å². The van der Waals surface area contributed by atoms with Crippen LogP contribution in [0.1, 0.15) is 49.3 Å². The third-order valence-corrected chi connectivity index (χ3v) is 4.47. The number of rotatable bonds is 2. The zero-order valence-corrected chi connectivity index (χ0v) is 16.1. The number of carbonyl (C=O) groups excluding carboxylic acids is 3. The van der Waals surface area contributed by atoms with E-state index in [1.54, 1.807) is 11.1 Å². The van der Waals surface area contributed by atoms with Gasteiger partial charge in [-0.1, -0.05) is 18.2 Å². The van der Waals surface area contributed by atoms with Crippen LogP contribution in [-0.2, 0) is 4.74 Å². The van der Waals surface area contributed by atoms with E-state index in [0.717, 1.165) is 5.39 Å². The van der Waals surface area contributed by atoms with Crippen LogP contribution in [0.2, 0.25) is 0 Å². The maximum atomic E-state index is 12.8. The Labute approximate surface area is 158 Å². The third-order valence-electron chi connectivity index (χ3n) is 4.47. The van der Waals surface area contributed by atoms with Crippen molar-refractivity contribution < 1.29 is 19.1 Å². The van der Waals surface area contributed by atoms with Crippen molar-refractivity contribution in [3.8, 4) is 0 Å². The van der Waals surface area contributed by atoms with Gasteiger partial charge in [-0.05, 0) is 33.3 Å². The van der Waals surface area contributed by atoms with Gasteiger partial charge in [0.05, 0.1) is 11.1 Å².